The third-order valence-electron chi connectivity index (χ3n) is 4.62. The third-order valence-corrected chi connectivity index (χ3v) is 5.32. The summed E-state index contributed by atoms with van der Waals surface area (Å²) >= 11 is 1.73. The quantitative estimate of drug-likeness (QED) is 0.602. The van der Waals surface area contributed by atoms with Crippen LogP contribution in [0, 0.1) is 5.92 Å². The average Bonchev–Trinajstić information content (AvgIpc) is 3.14. The molecule has 5 nitrogen and oxygen atoms in total. The zero-order chi connectivity index (χ0) is 18.2. The van der Waals surface area contributed by atoms with Crippen molar-refractivity contribution in [3.63, 3.8) is 0 Å². The SMILES string of the molecule is CCNC(=NCC(C)c1ccsc1)NC1CCN(C(=O)C(C)C)CC1. The fraction of sp³-hybridized carbons (Fsp3) is 0.684. The molecule has 0 spiro atoms. The number of rotatable bonds is 6. The van der Waals surface area contributed by atoms with Crippen LogP contribution in [0.3, 0.4) is 0 Å². The minimum absolute atomic E-state index is 0.0852. The van der Waals surface area contributed by atoms with Crippen LogP contribution >= 0.6 is 11.3 Å². The summed E-state index contributed by atoms with van der Waals surface area (Å²) in [5.41, 5.74) is 1.35. The molecule has 2 N–H and O–H groups in total. The van der Waals surface area contributed by atoms with Crippen molar-refractivity contribution in [2.75, 3.05) is 26.2 Å². The molecule has 2 rings (SSSR count). The van der Waals surface area contributed by atoms with E-state index in [-0.39, 0.29) is 11.8 Å². The molecule has 2 heterocycles. The summed E-state index contributed by atoms with van der Waals surface area (Å²) in [6, 6.07) is 2.55. The van der Waals surface area contributed by atoms with Gasteiger partial charge in [0.15, 0.2) is 5.96 Å². The topological polar surface area (TPSA) is 56.7 Å². The van der Waals surface area contributed by atoms with Crippen LogP contribution in [0.15, 0.2) is 21.8 Å². The number of aliphatic imine (C=N–C) groups is 1. The number of carbonyl (C=O) groups excluding carboxylic acids is 1. The summed E-state index contributed by atoms with van der Waals surface area (Å²) < 4.78 is 0. The lowest BCUT2D eigenvalue weighted by atomic mass is 10.0. The molecule has 140 valence electrons. The van der Waals surface area contributed by atoms with Crippen LogP contribution in [0.1, 0.15) is 52.0 Å². The Morgan fingerprint density at radius 3 is 2.64 bits per heavy atom. The highest BCUT2D eigenvalue weighted by Gasteiger charge is 2.24. The Labute approximate surface area is 155 Å². The first-order chi connectivity index (χ1) is 12.0. The van der Waals surface area contributed by atoms with E-state index >= 15 is 0 Å². The number of carbonyl (C=O) groups is 1. The molecule has 0 aromatic carbocycles. The number of nitrogens with zero attached hydrogens (tertiary/aromatic N) is 2. The van der Waals surface area contributed by atoms with E-state index < -0.39 is 0 Å². The zero-order valence-corrected chi connectivity index (χ0v) is 16.7. The molecular weight excluding hydrogens is 332 g/mol. The van der Waals surface area contributed by atoms with E-state index in [0.29, 0.717) is 12.0 Å². The van der Waals surface area contributed by atoms with Crippen LogP contribution in [0.4, 0.5) is 0 Å². The summed E-state index contributed by atoms with van der Waals surface area (Å²) in [7, 11) is 0. The van der Waals surface area contributed by atoms with Gasteiger partial charge in [-0.05, 0) is 42.2 Å². The first kappa shape index (κ1) is 19.8. The highest BCUT2D eigenvalue weighted by molar-refractivity contribution is 7.07. The molecule has 1 saturated heterocycles. The fourth-order valence-corrected chi connectivity index (χ4v) is 3.79. The minimum Gasteiger partial charge on any atom is -0.357 e. The third kappa shape index (κ3) is 6.03. The Balaban J connectivity index is 1.85. The summed E-state index contributed by atoms with van der Waals surface area (Å²) in [6.45, 7) is 11.5. The first-order valence-corrected chi connectivity index (χ1v) is 10.3. The highest BCUT2D eigenvalue weighted by atomic mass is 32.1. The van der Waals surface area contributed by atoms with Crippen LogP contribution in [0.2, 0.25) is 0 Å². The summed E-state index contributed by atoms with van der Waals surface area (Å²) in [6.07, 6.45) is 1.95. The van der Waals surface area contributed by atoms with E-state index in [9.17, 15) is 4.79 Å². The van der Waals surface area contributed by atoms with E-state index in [1.165, 1.54) is 5.56 Å². The van der Waals surface area contributed by atoms with Crippen molar-refractivity contribution < 1.29 is 4.79 Å². The standard InChI is InChI=1S/C19H32N4OS/c1-5-20-19(21-12-15(4)16-8-11-25-13-16)22-17-6-9-23(10-7-17)18(24)14(2)3/h8,11,13-15,17H,5-7,9-10,12H2,1-4H3,(H2,20,21,22). The molecule has 1 fully saturated rings. The van der Waals surface area contributed by atoms with Crippen molar-refractivity contribution in [2.45, 2.75) is 52.5 Å². The van der Waals surface area contributed by atoms with Crippen LogP contribution in [-0.4, -0.2) is 49.0 Å². The number of piperidine rings is 1. The van der Waals surface area contributed by atoms with Crippen molar-refractivity contribution in [2.24, 2.45) is 10.9 Å². The summed E-state index contributed by atoms with van der Waals surface area (Å²) in [5, 5.41) is 11.2. The normalized spacial score (nSPS) is 17.6. The van der Waals surface area contributed by atoms with E-state index in [2.05, 4.69) is 41.3 Å². The molecule has 25 heavy (non-hydrogen) atoms. The van der Waals surface area contributed by atoms with Crippen LogP contribution < -0.4 is 10.6 Å². The van der Waals surface area contributed by atoms with E-state index in [0.717, 1.165) is 45.0 Å². The van der Waals surface area contributed by atoms with Gasteiger partial charge in [0.1, 0.15) is 0 Å². The van der Waals surface area contributed by atoms with Gasteiger partial charge in [-0.1, -0.05) is 20.8 Å². The zero-order valence-electron chi connectivity index (χ0n) is 15.9. The van der Waals surface area contributed by atoms with Crippen molar-refractivity contribution in [3.8, 4) is 0 Å². The second-order valence-electron chi connectivity index (χ2n) is 7.08. The van der Waals surface area contributed by atoms with Crippen molar-refractivity contribution in [1.29, 1.82) is 0 Å². The van der Waals surface area contributed by atoms with Crippen molar-refractivity contribution in [3.05, 3.63) is 22.4 Å². The number of amides is 1. The number of likely N-dealkylation sites (tertiary alicyclic amines) is 1. The molecule has 1 aliphatic heterocycles. The number of hydrogen-bond donors (Lipinski definition) is 2. The van der Waals surface area contributed by atoms with Gasteiger partial charge in [0.05, 0.1) is 0 Å². The predicted octanol–water partition coefficient (Wildman–Crippen LogP) is 3.05. The van der Waals surface area contributed by atoms with Gasteiger partial charge in [-0.25, -0.2) is 0 Å². The van der Waals surface area contributed by atoms with Gasteiger partial charge in [0.2, 0.25) is 5.91 Å². The number of thiophene rings is 1. The molecule has 6 heteroatoms. The van der Waals surface area contributed by atoms with Crippen molar-refractivity contribution in [1.82, 2.24) is 15.5 Å². The van der Waals surface area contributed by atoms with Crippen LogP contribution in [0.5, 0.6) is 0 Å². The van der Waals surface area contributed by atoms with E-state index in [1.807, 2.05) is 18.7 Å². The average molecular weight is 365 g/mol. The molecule has 1 unspecified atom stereocenters. The van der Waals surface area contributed by atoms with Gasteiger partial charge in [-0.3, -0.25) is 9.79 Å². The van der Waals surface area contributed by atoms with Crippen LogP contribution in [-0.2, 0) is 4.79 Å². The molecule has 0 saturated carbocycles. The summed E-state index contributed by atoms with van der Waals surface area (Å²) in [5.74, 6) is 1.66. The maximum Gasteiger partial charge on any atom is 0.225 e. The Morgan fingerprint density at radius 2 is 2.08 bits per heavy atom. The van der Waals surface area contributed by atoms with E-state index in [1.54, 1.807) is 11.3 Å². The maximum absolute atomic E-state index is 12.1. The Morgan fingerprint density at radius 1 is 1.36 bits per heavy atom. The van der Waals surface area contributed by atoms with Crippen LogP contribution in [0.25, 0.3) is 0 Å². The second kappa shape index (κ2) is 9.80. The Kier molecular flexibility index (Phi) is 7.75. The smallest absolute Gasteiger partial charge is 0.225 e. The van der Waals surface area contributed by atoms with Gasteiger partial charge < -0.3 is 15.5 Å². The van der Waals surface area contributed by atoms with Gasteiger partial charge in [0.25, 0.3) is 0 Å². The molecule has 1 atom stereocenters. The molecule has 0 aliphatic carbocycles. The number of hydrogen-bond acceptors (Lipinski definition) is 3. The molecule has 1 aromatic heterocycles. The largest absolute Gasteiger partial charge is 0.357 e. The lowest BCUT2D eigenvalue weighted by Gasteiger charge is -2.34. The van der Waals surface area contributed by atoms with Gasteiger partial charge in [-0.15, -0.1) is 0 Å². The molecule has 1 aliphatic rings. The fourth-order valence-electron chi connectivity index (χ4n) is 3.01. The van der Waals surface area contributed by atoms with Gasteiger partial charge in [0, 0.05) is 44.1 Å². The molecule has 1 aromatic rings. The van der Waals surface area contributed by atoms with E-state index in [4.69, 9.17) is 4.99 Å². The Hall–Kier alpha value is -1.56. The lowest BCUT2D eigenvalue weighted by Crippen LogP contribution is -2.50. The first-order valence-electron chi connectivity index (χ1n) is 9.37. The molecule has 0 radical (unpaired) electrons. The summed E-state index contributed by atoms with van der Waals surface area (Å²) in [4.78, 5) is 18.8. The molecule has 0 bridgehead atoms. The second-order valence-corrected chi connectivity index (χ2v) is 7.86. The minimum atomic E-state index is 0.0852. The molecular formula is C19H32N4OS. The molecule has 1 amide bonds. The lowest BCUT2D eigenvalue weighted by molar-refractivity contribution is -0.135. The van der Waals surface area contributed by atoms with Gasteiger partial charge in [-0.2, -0.15) is 11.3 Å². The predicted molar refractivity (Wildman–Crippen MR) is 106 cm³/mol. The highest BCUT2D eigenvalue weighted by Crippen LogP contribution is 2.18. The monoisotopic (exact) mass is 364 g/mol. The Bertz CT molecular complexity index is 548. The maximum atomic E-state index is 12.1. The number of nitrogens with one attached hydrogen (secondary N) is 2. The number of guanidine groups is 1. The van der Waals surface area contributed by atoms with Crippen molar-refractivity contribution >= 4 is 23.2 Å². The van der Waals surface area contributed by atoms with Gasteiger partial charge >= 0.3 is 0 Å².